The van der Waals surface area contributed by atoms with Crippen molar-refractivity contribution in [3.63, 3.8) is 0 Å². The van der Waals surface area contributed by atoms with Crippen LogP contribution < -0.4 is 0 Å². The molecule has 0 fully saturated rings. The summed E-state index contributed by atoms with van der Waals surface area (Å²) in [6.45, 7) is 2.96. The highest BCUT2D eigenvalue weighted by Crippen LogP contribution is 2.24. The van der Waals surface area contributed by atoms with E-state index in [-0.39, 0.29) is 6.10 Å². The Balaban J connectivity index is 2.41. The summed E-state index contributed by atoms with van der Waals surface area (Å²) < 4.78 is 8.63. The SMILES string of the molecule is COC(C)Cn1ccc2c(Br)cccc21. The van der Waals surface area contributed by atoms with Crippen molar-refractivity contribution < 1.29 is 4.74 Å². The number of nitrogens with zero attached hydrogens (tertiary/aromatic N) is 1. The number of benzene rings is 1. The van der Waals surface area contributed by atoms with Gasteiger partial charge in [-0.05, 0) is 25.1 Å². The zero-order chi connectivity index (χ0) is 10.8. The van der Waals surface area contributed by atoms with E-state index in [9.17, 15) is 0 Å². The summed E-state index contributed by atoms with van der Waals surface area (Å²) in [5, 5.41) is 1.25. The lowest BCUT2D eigenvalue weighted by Gasteiger charge is -2.11. The Kier molecular flexibility index (Phi) is 3.12. The van der Waals surface area contributed by atoms with Crippen molar-refractivity contribution in [1.82, 2.24) is 4.57 Å². The second kappa shape index (κ2) is 4.37. The van der Waals surface area contributed by atoms with Crippen LogP contribution in [0.15, 0.2) is 34.9 Å². The minimum absolute atomic E-state index is 0.236. The Labute approximate surface area is 98.0 Å². The van der Waals surface area contributed by atoms with Crippen molar-refractivity contribution in [2.75, 3.05) is 7.11 Å². The number of aromatic nitrogens is 1. The monoisotopic (exact) mass is 267 g/mol. The molecule has 0 saturated carbocycles. The Bertz CT molecular complexity index is 464. The molecule has 0 aliphatic carbocycles. The zero-order valence-corrected chi connectivity index (χ0v) is 10.5. The molecule has 0 aliphatic rings. The van der Waals surface area contributed by atoms with Gasteiger partial charge in [0, 0.05) is 35.2 Å². The molecule has 0 spiro atoms. The third-order valence-corrected chi connectivity index (χ3v) is 3.31. The fourth-order valence-electron chi connectivity index (χ4n) is 1.70. The van der Waals surface area contributed by atoms with Crippen LogP contribution in [-0.2, 0) is 11.3 Å². The summed E-state index contributed by atoms with van der Waals surface area (Å²) in [5.41, 5.74) is 1.24. The van der Waals surface area contributed by atoms with Crippen molar-refractivity contribution >= 4 is 26.8 Å². The van der Waals surface area contributed by atoms with E-state index in [2.05, 4.69) is 57.9 Å². The van der Waals surface area contributed by atoms with Crippen molar-refractivity contribution in [3.8, 4) is 0 Å². The van der Waals surface area contributed by atoms with Gasteiger partial charge in [0.25, 0.3) is 0 Å². The van der Waals surface area contributed by atoms with E-state index in [1.807, 2.05) is 0 Å². The molecule has 1 unspecified atom stereocenters. The average Bonchev–Trinajstić information content (AvgIpc) is 2.63. The molecule has 2 nitrogen and oxygen atoms in total. The Hall–Kier alpha value is -0.800. The molecule has 0 bridgehead atoms. The van der Waals surface area contributed by atoms with Crippen molar-refractivity contribution in [1.29, 1.82) is 0 Å². The first kappa shape index (κ1) is 10.7. The van der Waals surface area contributed by atoms with E-state index in [4.69, 9.17) is 4.74 Å². The molecule has 1 aromatic heterocycles. The summed E-state index contributed by atoms with van der Waals surface area (Å²) >= 11 is 3.55. The maximum atomic E-state index is 5.27. The van der Waals surface area contributed by atoms with Crippen LogP contribution in [0.25, 0.3) is 10.9 Å². The fraction of sp³-hybridized carbons (Fsp3) is 0.333. The molecular formula is C12H14BrNO. The zero-order valence-electron chi connectivity index (χ0n) is 8.90. The first-order valence-corrected chi connectivity index (χ1v) is 5.78. The van der Waals surface area contributed by atoms with Gasteiger partial charge in [-0.15, -0.1) is 0 Å². The van der Waals surface area contributed by atoms with Gasteiger partial charge >= 0.3 is 0 Å². The molecule has 80 valence electrons. The molecule has 0 saturated heterocycles. The van der Waals surface area contributed by atoms with E-state index in [0.29, 0.717) is 0 Å². The minimum Gasteiger partial charge on any atom is -0.380 e. The topological polar surface area (TPSA) is 14.2 Å². The Morgan fingerprint density at radius 2 is 2.20 bits per heavy atom. The fourth-order valence-corrected chi connectivity index (χ4v) is 2.18. The molecule has 2 aromatic rings. The van der Waals surface area contributed by atoms with Gasteiger partial charge < -0.3 is 9.30 Å². The molecule has 1 atom stereocenters. The van der Waals surface area contributed by atoms with E-state index in [0.717, 1.165) is 11.0 Å². The van der Waals surface area contributed by atoms with Gasteiger partial charge in [-0.25, -0.2) is 0 Å². The predicted octanol–water partition coefficient (Wildman–Crippen LogP) is 3.44. The molecule has 1 heterocycles. The van der Waals surface area contributed by atoms with Gasteiger partial charge in [-0.3, -0.25) is 0 Å². The molecule has 1 aromatic carbocycles. The second-order valence-corrected chi connectivity index (χ2v) is 4.54. The van der Waals surface area contributed by atoms with Crippen LogP contribution in [0, 0.1) is 0 Å². The first-order valence-electron chi connectivity index (χ1n) is 4.98. The highest BCUT2D eigenvalue weighted by atomic mass is 79.9. The van der Waals surface area contributed by atoms with E-state index in [1.54, 1.807) is 7.11 Å². The lowest BCUT2D eigenvalue weighted by atomic mass is 10.2. The highest BCUT2D eigenvalue weighted by Gasteiger charge is 2.06. The summed E-state index contributed by atoms with van der Waals surface area (Å²) in [6.07, 6.45) is 2.34. The molecular weight excluding hydrogens is 254 g/mol. The van der Waals surface area contributed by atoms with Crippen LogP contribution in [-0.4, -0.2) is 17.8 Å². The highest BCUT2D eigenvalue weighted by molar-refractivity contribution is 9.10. The predicted molar refractivity (Wildman–Crippen MR) is 66.1 cm³/mol. The number of hydrogen-bond acceptors (Lipinski definition) is 1. The van der Waals surface area contributed by atoms with E-state index >= 15 is 0 Å². The van der Waals surface area contributed by atoms with Crippen LogP contribution in [0.2, 0.25) is 0 Å². The smallest absolute Gasteiger partial charge is 0.0722 e. The first-order chi connectivity index (χ1) is 7.22. The summed E-state index contributed by atoms with van der Waals surface area (Å²) in [7, 11) is 1.74. The second-order valence-electron chi connectivity index (χ2n) is 3.69. The lowest BCUT2D eigenvalue weighted by molar-refractivity contribution is 0.104. The van der Waals surface area contributed by atoms with Gasteiger partial charge in [-0.1, -0.05) is 22.0 Å². The van der Waals surface area contributed by atoms with E-state index in [1.165, 1.54) is 10.9 Å². The van der Waals surface area contributed by atoms with Crippen LogP contribution in [0.1, 0.15) is 6.92 Å². The molecule has 0 radical (unpaired) electrons. The number of halogens is 1. The van der Waals surface area contributed by atoms with E-state index < -0.39 is 0 Å². The lowest BCUT2D eigenvalue weighted by Crippen LogP contribution is -2.13. The Morgan fingerprint density at radius 1 is 1.40 bits per heavy atom. The number of methoxy groups -OCH3 is 1. The van der Waals surface area contributed by atoms with Gasteiger partial charge in [0.05, 0.1) is 6.10 Å². The van der Waals surface area contributed by atoms with Crippen molar-refractivity contribution in [3.05, 3.63) is 34.9 Å². The third-order valence-electron chi connectivity index (χ3n) is 2.62. The maximum absolute atomic E-state index is 5.27. The summed E-state index contributed by atoms with van der Waals surface area (Å²) in [5.74, 6) is 0. The molecule has 15 heavy (non-hydrogen) atoms. The van der Waals surface area contributed by atoms with Crippen LogP contribution in [0.5, 0.6) is 0 Å². The number of ether oxygens (including phenoxy) is 1. The summed E-state index contributed by atoms with van der Waals surface area (Å²) in [4.78, 5) is 0. The van der Waals surface area contributed by atoms with Gasteiger partial charge in [-0.2, -0.15) is 0 Å². The number of fused-ring (bicyclic) bond motifs is 1. The number of hydrogen-bond donors (Lipinski definition) is 0. The quantitative estimate of drug-likeness (QED) is 0.831. The average molecular weight is 268 g/mol. The van der Waals surface area contributed by atoms with Gasteiger partial charge in [0.15, 0.2) is 0 Å². The molecule has 0 amide bonds. The normalized spacial score (nSPS) is 13.3. The van der Waals surface area contributed by atoms with Crippen LogP contribution in [0.3, 0.4) is 0 Å². The summed E-state index contributed by atoms with van der Waals surface area (Å²) in [6, 6.07) is 8.37. The van der Waals surface area contributed by atoms with Crippen LogP contribution in [0.4, 0.5) is 0 Å². The Morgan fingerprint density at radius 3 is 2.93 bits per heavy atom. The standard InChI is InChI=1S/C12H14BrNO/c1-9(15-2)8-14-7-6-10-11(13)4-3-5-12(10)14/h3-7,9H,8H2,1-2H3. The minimum atomic E-state index is 0.236. The molecule has 0 N–H and O–H groups in total. The van der Waals surface area contributed by atoms with Gasteiger partial charge in [0.2, 0.25) is 0 Å². The van der Waals surface area contributed by atoms with Crippen LogP contribution >= 0.6 is 15.9 Å². The molecule has 3 heteroatoms. The van der Waals surface area contributed by atoms with Crippen molar-refractivity contribution in [2.45, 2.75) is 19.6 Å². The molecule has 2 rings (SSSR count). The third kappa shape index (κ3) is 2.08. The molecule has 0 aliphatic heterocycles. The van der Waals surface area contributed by atoms with Gasteiger partial charge in [0.1, 0.15) is 0 Å². The maximum Gasteiger partial charge on any atom is 0.0722 e. The number of rotatable bonds is 3. The van der Waals surface area contributed by atoms with Crippen molar-refractivity contribution in [2.24, 2.45) is 0 Å². The largest absolute Gasteiger partial charge is 0.380 e.